The molecule has 4 nitrogen and oxygen atoms in total. The Hall–Kier alpha value is -1.85. The van der Waals surface area contributed by atoms with Crippen molar-refractivity contribution in [2.75, 3.05) is 6.61 Å². The predicted octanol–water partition coefficient (Wildman–Crippen LogP) is 3.74. The van der Waals surface area contributed by atoms with Crippen molar-refractivity contribution in [3.63, 3.8) is 0 Å². The molecule has 124 valence electrons. The molecule has 1 N–H and O–H groups in total. The van der Waals surface area contributed by atoms with Gasteiger partial charge in [-0.05, 0) is 44.4 Å². The monoisotopic (exact) mass is 333 g/mol. The van der Waals surface area contributed by atoms with Gasteiger partial charge >= 0.3 is 0 Å². The van der Waals surface area contributed by atoms with Crippen LogP contribution in [0, 0.1) is 13.8 Å². The Morgan fingerprint density at radius 2 is 1.74 bits per heavy atom. The van der Waals surface area contributed by atoms with Crippen molar-refractivity contribution in [2.24, 2.45) is 0 Å². The average molecular weight is 333 g/mol. The second-order valence-corrected chi connectivity index (χ2v) is 7.25. The molecule has 1 atom stereocenters. The molecule has 0 saturated heterocycles. The molecule has 2 aromatic rings. The zero-order chi connectivity index (χ0) is 17.0. The molecule has 23 heavy (non-hydrogen) atoms. The number of hydrogen-bond donors (Lipinski definition) is 1. The summed E-state index contributed by atoms with van der Waals surface area (Å²) in [5.74, 6) is 0.603. The molecule has 0 aliphatic carbocycles. The Labute approximate surface area is 138 Å². The van der Waals surface area contributed by atoms with E-state index in [9.17, 15) is 8.42 Å². The highest BCUT2D eigenvalue weighted by molar-refractivity contribution is 7.89. The molecule has 0 heterocycles. The highest BCUT2D eigenvalue weighted by atomic mass is 32.2. The molecule has 0 aliphatic rings. The first-order valence-corrected chi connectivity index (χ1v) is 9.14. The summed E-state index contributed by atoms with van der Waals surface area (Å²) in [6.07, 6.45) is 0. The van der Waals surface area contributed by atoms with Crippen LogP contribution in [-0.4, -0.2) is 15.0 Å². The summed E-state index contributed by atoms with van der Waals surface area (Å²) in [5, 5.41) is 0. The van der Waals surface area contributed by atoms with Crippen LogP contribution >= 0.6 is 0 Å². The quantitative estimate of drug-likeness (QED) is 0.876. The lowest BCUT2D eigenvalue weighted by molar-refractivity contribution is 0.336. The smallest absolute Gasteiger partial charge is 0.241 e. The number of benzene rings is 2. The first-order valence-electron chi connectivity index (χ1n) is 7.66. The molecule has 0 aliphatic heterocycles. The minimum atomic E-state index is -3.63. The van der Waals surface area contributed by atoms with Crippen LogP contribution in [0.15, 0.2) is 47.4 Å². The van der Waals surface area contributed by atoms with Crippen molar-refractivity contribution in [2.45, 2.75) is 38.6 Å². The van der Waals surface area contributed by atoms with E-state index < -0.39 is 10.0 Å². The molecule has 2 rings (SSSR count). The van der Waals surface area contributed by atoms with Crippen molar-refractivity contribution in [3.05, 3.63) is 59.2 Å². The van der Waals surface area contributed by atoms with Crippen molar-refractivity contribution < 1.29 is 13.2 Å². The third-order valence-corrected chi connectivity index (χ3v) is 5.38. The fourth-order valence-corrected chi connectivity index (χ4v) is 3.99. The lowest BCUT2D eigenvalue weighted by Crippen LogP contribution is -2.27. The first kappa shape index (κ1) is 17.5. The van der Waals surface area contributed by atoms with Crippen LogP contribution in [0.1, 0.15) is 36.6 Å². The third kappa shape index (κ3) is 4.12. The predicted molar refractivity (Wildman–Crippen MR) is 92.3 cm³/mol. The molecule has 0 spiro atoms. The average Bonchev–Trinajstić information content (AvgIpc) is 2.50. The molecule has 0 fully saturated rings. The van der Waals surface area contributed by atoms with Crippen molar-refractivity contribution >= 4 is 10.0 Å². The van der Waals surface area contributed by atoms with Crippen LogP contribution in [-0.2, 0) is 10.0 Å². The summed E-state index contributed by atoms with van der Waals surface area (Å²) in [5.41, 5.74) is 2.56. The van der Waals surface area contributed by atoms with E-state index >= 15 is 0 Å². The van der Waals surface area contributed by atoms with Gasteiger partial charge in [0.05, 0.1) is 11.5 Å². The second kappa shape index (κ2) is 7.15. The number of hydrogen-bond acceptors (Lipinski definition) is 3. The third-order valence-electron chi connectivity index (χ3n) is 3.69. The van der Waals surface area contributed by atoms with Crippen molar-refractivity contribution in [1.82, 2.24) is 4.72 Å². The fourth-order valence-electron chi connectivity index (χ4n) is 2.52. The van der Waals surface area contributed by atoms with Gasteiger partial charge in [-0.3, -0.25) is 0 Å². The highest BCUT2D eigenvalue weighted by Crippen LogP contribution is 2.27. The van der Waals surface area contributed by atoms with Gasteiger partial charge in [-0.15, -0.1) is 0 Å². The summed E-state index contributed by atoms with van der Waals surface area (Å²) >= 11 is 0. The highest BCUT2D eigenvalue weighted by Gasteiger charge is 2.22. The Bertz CT molecular complexity index is 770. The van der Waals surface area contributed by atoms with E-state index in [4.69, 9.17) is 4.74 Å². The van der Waals surface area contributed by atoms with E-state index in [1.807, 2.05) is 57.2 Å². The fraction of sp³-hybridized carbons (Fsp3) is 0.333. The van der Waals surface area contributed by atoms with Crippen LogP contribution in [0.4, 0.5) is 0 Å². The molecule has 0 bridgehead atoms. The van der Waals surface area contributed by atoms with Crippen LogP contribution in [0.5, 0.6) is 5.75 Å². The molecule has 2 aromatic carbocycles. The van der Waals surface area contributed by atoms with Gasteiger partial charge in [0.15, 0.2) is 0 Å². The van der Waals surface area contributed by atoms with Crippen molar-refractivity contribution in [1.29, 1.82) is 0 Å². The maximum atomic E-state index is 12.7. The first-order chi connectivity index (χ1) is 10.8. The maximum absolute atomic E-state index is 12.7. The molecule has 0 amide bonds. The van der Waals surface area contributed by atoms with Gasteiger partial charge in [0, 0.05) is 12.1 Å². The number of nitrogens with one attached hydrogen (secondary N) is 1. The minimum absolute atomic E-state index is 0.259. The van der Waals surface area contributed by atoms with Crippen LogP contribution < -0.4 is 9.46 Å². The largest absolute Gasteiger partial charge is 0.494 e. The summed E-state index contributed by atoms with van der Waals surface area (Å²) in [7, 11) is -3.63. The molecule has 0 radical (unpaired) electrons. The lowest BCUT2D eigenvalue weighted by Gasteiger charge is -2.17. The van der Waals surface area contributed by atoms with E-state index in [0.29, 0.717) is 17.9 Å². The van der Waals surface area contributed by atoms with Gasteiger partial charge in [-0.2, -0.15) is 0 Å². The zero-order valence-corrected chi connectivity index (χ0v) is 14.8. The Balaban J connectivity index is 2.34. The van der Waals surface area contributed by atoms with Gasteiger partial charge in [-0.25, -0.2) is 13.1 Å². The van der Waals surface area contributed by atoms with Gasteiger partial charge in [0.2, 0.25) is 10.0 Å². The van der Waals surface area contributed by atoms with Gasteiger partial charge < -0.3 is 4.74 Å². The van der Waals surface area contributed by atoms with Crippen LogP contribution in [0.2, 0.25) is 0 Å². The van der Waals surface area contributed by atoms with Crippen LogP contribution in [0.25, 0.3) is 0 Å². The van der Waals surface area contributed by atoms with Gasteiger partial charge in [0.25, 0.3) is 0 Å². The molecule has 0 aromatic heterocycles. The maximum Gasteiger partial charge on any atom is 0.241 e. The van der Waals surface area contributed by atoms with Gasteiger partial charge in [0.1, 0.15) is 5.75 Å². The summed E-state index contributed by atoms with van der Waals surface area (Å²) in [6.45, 7) is 7.92. The minimum Gasteiger partial charge on any atom is -0.494 e. The Morgan fingerprint density at radius 1 is 1.09 bits per heavy atom. The van der Waals surface area contributed by atoms with Crippen LogP contribution in [0.3, 0.4) is 0 Å². The Morgan fingerprint density at radius 3 is 2.35 bits per heavy atom. The second-order valence-electron chi connectivity index (χ2n) is 5.57. The van der Waals surface area contributed by atoms with E-state index in [2.05, 4.69) is 4.72 Å². The number of rotatable bonds is 6. The molecular weight excluding hydrogens is 310 g/mol. The molecule has 0 saturated carbocycles. The molecular formula is C18H23NO3S. The zero-order valence-electron chi connectivity index (χ0n) is 14.0. The standard InChI is InChI=1S/C18H23NO3S/c1-5-22-17-12-18(14(3)11-13(17)2)23(20,21)19-15(4)16-9-7-6-8-10-16/h6-12,15,19H,5H2,1-4H3/t15-/m1/s1. The molecule has 5 heteroatoms. The van der Waals surface area contributed by atoms with E-state index in [1.54, 1.807) is 13.0 Å². The number of ether oxygens (including phenoxy) is 1. The van der Waals surface area contributed by atoms with Crippen molar-refractivity contribution in [3.8, 4) is 5.75 Å². The lowest BCUT2D eigenvalue weighted by atomic mass is 10.1. The Kier molecular flexibility index (Phi) is 5.44. The van der Waals surface area contributed by atoms with E-state index in [-0.39, 0.29) is 10.9 Å². The summed E-state index contributed by atoms with van der Waals surface area (Å²) in [4.78, 5) is 0.259. The normalized spacial score (nSPS) is 12.9. The SMILES string of the molecule is CCOc1cc(S(=O)(=O)N[C@H](C)c2ccccc2)c(C)cc1C. The summed E-state index contributed by atoms with van der Waals surface area (Å²) in [6, 6.07) is 12.6. The van der Waals surface area contributed by atoms with Gasteiger partial charge in [-0.1, -0.05) is 36.4 Å². The summed E-state index contributed by atoms with van der Waals surface area (Å²) < 4.78 is 33.7. The van der Waals surface area contributed by atoms with E-state index in [0.717, 1.165) is 11.1 Å². The van der Waals surface area contributed by atoms with E-state index in [1.165, 1.54) is 0 Å². The number of aryl methyl sites for hydroxylation is 2. The topological polar surface area (TPSA) is 55.4 Å². The number of sulfonamides is 1. The molecule has 0 unspecified atom stereocenters.